The number of amides is 1. The summed E-state index contributed by atoms with van der Waals surface area (Å²) in [4.78, 5) is 77.1. The van der Waals surface area contributed by atoms with Gasteiger partial charge in [0.25, 0.3) is 5.79 Å². The standard InChI is InChI=1S/C48H59NO18/c1-29(50)49-40-37(63-31(3)52)23-48(47(55)57-7,67-43(40)42(65-33(5)54)38(64-32(4)53)27-58-30(2)51)62-28-39-41(59-24-34-17-11-8-12-18-34)44(60-25-35-19-13-9-14-20-35)45(46(56-6)66-39)61-26-36-21-15-10-16-22-36/h8-22,37-46H,23-28H2,1-7H3,(H,49,50)/t37-,38+,39+,40+,41+,42+,43+,44-,45+,46-,48+/m0/s1. The molecule has 11 atom stereocenters. The molecule has 19 heteroatoms. The van der Waals surface area contributed by atoms with Gasteiger partial charge in [-0.3, -0.25) is 24.0 Å². The van der Waals surface area contributed by atoms with Gasteiger partial charge in [-0.05, 0) is 16.7 Å². The first kappa shape index (κ1) is 52.2. The first-order valence-corrected chi connectivity index (χ1v) is 21.6. The number of benzene rings is 3. The molecule has 0 radical (unpaired) electrons. The van der Waals surface area contributed by atoms with Gasteiger partial charge in [0.05, 0.1) is 46.0 Å². The topological polar surface area (TPSA) is 225 Å². The van der Waals surface area contributed by atoms with E-state index in [1.165, 1.54) is 14.0 Å². The van der Waals surface area contributed by atoms with E-state index in [-0.39, 0.29) is 19.8 Å². The Hall–Kier alpha value is -5.80. The fraction of sp³-hybridized carbons (Fsp3) is 0.500. The Bertz CT molecular complexity index is 2070. The van der Waals surface area contributed by atoms with E-state index < -0.39 is 122 Å². The van der Waals surface area contributed by atoms with E-state index >= 15 is 0 Å². The monoisotopic (exact) mass is 937 g/mol. The molecule has 0 bridgehead atoms. The molecule has 2 aliphatic heterocycles. The van der Waals surface area contributed by atoms with Crippen LogP contribution in [0, 0.1) is 0 Å². The van der Waals surface area contributed by atoms with Gasteiger partial charge in [0, 0.05) is 41.7 Å². The van der Waals surface area contributed by atoms with Gasteiger partial charge in [-0.25, -0.2) is 4.79 Å². The van der Waals surface area contributed by atoms with Gasteiger partial charge in [-0.1, -0.05) is 91.0 Å². The quantitative estimate of drug-likeness (QED) is 0.112. The van der Waals surface area contributed by atoms with Crippen LogP contribution in [0.3, 0.4) is 0 Å². The summed E-state index contributed by atoms with van der Waals surface area (Å²) in [5.74, 6) is -7.79. The molecule has 1 amide bonds. The molecule has 2 aliphatic rings. The number of carbonyl (C=O) groups excluding carboxylic acids is 6. The molecule has 0 spiro atoms. The summed E-state index contributed by atoms with van der Waals surface area (Å²) in [6.07, 6.45) is -12.3. The smallest absolute Gasteiger partial charge is 0.366 e. The van der Waals surface area contributed by atoms with Crippen molar-refractivity contribution < 1.29 is 85.6 Å². The molecular weight excluding hydrogens is 879 g/mol. The average molecular weight is 938 g/mol. The number of hydrogen-bond acceptors (Lipinski definition) is 18. The van der Waals surface area contributed by atoms with Crippen molar-refractivity contribution in [3.8, 4) is 0 Å². The van der Waals surface area contributed by atoms with Gasteiger partial charge >= 0.3 is 29.8 Å². The van der Waals surface area contributed by atoms with Crippen molar-refractivity contribution in [1.29, 1.82) is 0 Å². The molecule has 2 fully saturated rings. The van der Waals surface area contributed by atoms with Gasteiger partial charge in [0.15, 0.2) is 18.5 Å². The number of ether oxygens (including phenoxy) is 12. The Labute approximate surface area is 388 Å². The van der Waals surface area contributed by atoms with E-state index in [4.69, 9.17) is 56.8 Å². The zero-order valence-electron chi connectivity index (χ0n) is 38.5. The Morgan fingerprint density at radius 1 is 0.672 bits per heavy atom. The van der Waals surface area contributed by atoms with Crippen LogP contribution in [0.5, 0.6) is 0 Å². The van der Waals surface area contributed by atoms with Crippen LogP contribution in [0.25, 0.3) is 0 Å². The second kappa shape index (κ2) is 25.4. The molecule has 0 saturated carbocycles. The third-order valence-electron chi connectivity index (χ3n) is 10.7. The summed E-state index contributed by atoms with van der Waals surface area (Å²) in [6.45, 7) is 4.60. The normalized spacial score (nSPS) is 25.7. The van der Waals surface area contributed by atoms with E-state index in [0.29, 0.717) is 0 Å². The lowest BCUT2D eigenvalue weighted by atomic mass is 9.87. The van der Waals surface area contributed by atoms with Crippen LogP contribution in [0.2, 0.25) is 0 Å². The third-order valence-corrected chi connectivity index (χ3v) is 10.7. The summed E-state index contributed by atoms with van der Waals surface area (Å²) in [5, 5.41) is 2.65. The SMILES string of the molecule is COC(=O)[C@@]1(OC[C@H]2O[C@H](OC)[C@H](OCc3ccccc3)[C@@H](OCc3ccccc3)[C@@H]2OCc2ccccc2)C[C@H](OC(C)=O)[C@@H](NC(C)=O)[C@H]([C@H](OC(C)=O)[C@@H](COC(C)=O)OC(C)=O)O1. The van der Waals surface area contributed by atoms with Crippen molar-refractivity contribution >= 4 is 35.8 Å². The second-order valence-electron chi connectivity index (χ2n) is 15.8. The zero-order chi connectivity index (χ0) is 48.5. The third kappa shape index (κ3) is 15.1. The van der Waals surface area contributed by atoms with Crippen molar-refractivity contribution in [3.63, 3.8) is 0 Å². The van der Waals surface area contributed by atoms with Gasteiger partial charge in [-0.2, -0.15) is 0 Å². The minimum atomic E-state index is -2.55. The van der Waals surface area contributed by atoms with Gasteiger partial charge in [0.1, 0.15) is 43.2 Å². The fourth-order valence-corrected chi connectivity index (χ4v) is 7.83. The van der Waals surface area contributed by atoms with Crippen molar-refractivity contribution in [1.82, 2.24) is 5.32 Å². The molecule has 2 saturated heterocycles. The lowest BCUT2D eigenvalue weighted by Gasteiger charge is -2.49. The Morgan fingerprint density at radius 2 is 1.19 bits per heavy atom. The minimum Gasteiger partial charge on any atom is -0.465 e. The summed E-state index contributed by atoms with van der Waals surface area (Å²) >= 11 is 0. The molecule has 5 rings (SSSR count). The molecule has 3 aromatic carbocycles. The second-order valence-corrected chi connectivity index (χ2v) is 15.8. The largest absolute Gasteiger partial charge is 0.465 e. The van der Waals surface area contributed by atoms with E-state index in [2.05, 4.69) is 5.32 Å². The van der Waals surface area contributed by atoms with E-state index in [0.717, 1.165) is 51.5 Å². The van der Waals surface area contributed by atoms with E-state index in [1.54, 1.807) is 0 Å². The van der Waals surface area contributed by atoms with Crippen LogP contribution in [0.4, 0.5) is 0 Å². The Morgan fingerprint density at radius 3 is 1.66 bits per heavy atom. The van der Waals surface area contributed by atoms with Crippen molar-refractivity contribution in [2.75, 3.05) is 27.4 Å². The summed E-state index contributed by atoms with van der Waals surface area (Å²) in [6, 6.07) is 26.9. The highest BCUT2D eigenvalue weighted by molar-refractivity contribution is 5.79. The molecule has 3 aromatic rings. The fourth-order valence-electron chi connectivity index (χ4n) is 7.83. The average Bonchev–Trinajstić information content (AvgIpc) is 3.30. The number of nitrogens with one attached hydrogen (secondary N) is 1. The highest BCUT2D eigenvalue weighted by Gasteiger charge is 2.60. The maximum absolute atomic E-state index is 14.3. The first-order chi connectivity index (χ1) is 32.1. The maximum atomic E-state index is 14.3. The zero-order valence-corrected chi connectivity index (χ0v) is 38.5. The van der Waals surface area contributed by atoms with Gasteiger partial charge < -0.3 is 62.2 Å². The number of carbonyl (C=O) groups is 6. The lowest BCUT2D eigenvalue weighted by molar-refractivity contribution is -0.348. The first-order valence-electron chi connectivity index (χ1n) is 21.6. The highest BCUT2D eigenvalue weighted by Crippen LogP contribution is 2.39. The Balaban J connectivity index is 1.60. The van der Waals surface area contributed by atoms with Crippen molar-refractivity contribution in [2.24, 2.45) is 0 Å². The maximum Gasteiger partial charge on any atom is 0.366 e. The van der Waals surface area contributed by atoms with E-state index in [1.807, 2.05) is 91.0 Å². The number of rotatable bonds is 22. The highest BCUT2D eigenvalue weighted by atomic mass is 16.8. The molecule has 0 aromatic heterocycles. The predicted octanol–water partition coefficient (Wildman–Crippen LogP) is 3.65. The molecule has 19 nitrogen and oxygen atoms in total. The molecule has 364 valence electrons. The van der Waals surface area contributed by atoms with Crippen LogP contribution in [0.15, 0.2) is 91.0 Å². The summed E-state index contributed by atoms with van der Waals surface area (Å²) < 4.78 is 72.9. The van der Waals surface area contributed by atoms with Crippen LogP contribution < -0.4 is 5.32 Å². The van der Waals surface area contributed by atoms with Gasteiger partial charge in [-0.15, -0.1) is 0 Å². The number of esters is 5. The molecule has 0 unspecified atom stereocenters. The predicted molar refractivity (Wildman–Crippen MR) is 232 cm³/mol. The van der Waals surface area contributed by atoms with Crippen molar-refractivity contribution in [3.05, 3.63) is 108 Å². The number of hydrogen-bond donors (Lipinski definition) is 1. The molecule has 67 heavy (non-hydrogen) atoms. The molecule has 1 N–H and O–H groups in total. The van der Waals surface area contributed by atoms with Crippen LogP contribution in [-0.4, -0.2) is 130 Å². The summed E-state index contributed by atoms with van der Waals surface area (Å²) in [5.41, 5.74) is 2.52. The van der Waals surface area contributed by atoms with Crippen LogP contribution >= 0.6 is 0 Å². The van der Waals surface area contributed by atoms with Gasteiger partial charge in [0.2, 0.25) is 5.91 Å². The molecule has 0 aliphatic carbocycles. The minimum absolute atomic E-state index is 0.0667. The van der Waals surface area contributed by atoms with E-state index in [9.17, 15) is 28.8 Å². The molecular formula is C48H59NO18. The van der Waals surface area contributed by atoms with Crippen molar-refractivity contribution in [2.45, 2.75) is 128 Å². The Kier molecular flexibility index (Phi) is 19.8. The lowest BCUT2D eigenvalue weighted by Crippen LogP contribution is -2.70. The van der Waals surface area contributed by atoms with Crippen LogP contribution in [0.1, 0.15) is 57.7 Å². The molecule has 2 heterocycles. The number of methoxy groups -OCH3 is 2. The summed E-state index contributed by atoms with van der Waals surface area (Å²) in [7, 11) is 2.49. The van der Waals surface area contributed by atoms with Crippen LogP contribution in [-0.2, 0) is 105 Å².